The van der Waals surface area contributed by atoms with Crippen LogP contribution in [0.3, 0.4) is 0 Å². The van der Waals surface area contributed by atoms with E-state index in [2.05, 4.69) is 35.8 Å². The number of hydrogen-bond acceptors (Lipinski definition) is 4. The van der Waals surface area contributed by atoms with E-state index in [0.29, 0.717) is 37.7 Å². The number of hydrogen-bond donors (Lipinski definition) is 3. The van der Waals surface area contributed by atoms with Crippen molar-refractivity contribution in [3.8, 4) is 5.75 Å². The normalized spacial score (nSPS) is 18.7. The molecule has 2 fully saturated rings. The molecule has 0 bridgehead atoms. The van der Waals surface area contributed by atoms with Gasteiger partial charge >= 0.3 is 0 Å². The molecule has 1 unspecified atom stereocenters. The summed E-state index contributed by atoms with van der Waals surface area (Å²) >= 11 is 0. The Balaban J connectivity index is 1.52. The fourth-order valence-electron chi connectivity index (χ4n) is 3.52. The van der Waals surface area contributed by atoms with Crippen LogP contribution in [-0.4, -0.2) is 49.6 Å². The van der Waals surface area contributed by atoms with Crippen LogP contribution in [0.5, 0.6) is 5.75 Å². The molecule has 1 aromatic rings. The molecular formula is C23H37N3O3. The van der Waals surface area contributed by atoms with Crippen LogP contribution in [-0.2, 0) is 11.3 Å². The summed E-state index contributed by atoms with van der Waals surface area (Å²) in [4.78, 5) is 4.70. The number of aliphatic hydroxyl groups excluding tert-OH is 1. The molecule has 0 amide bonds. The molecular weight excluding hydrogens is 366 g/mol. The average Bonchev–Trinajstić information content (AvgIpc) is 3.38. The first-order valence-electron chi connectivity index (χ1n) is 11.2. The van der Waals surface area contributed by atoms with Crippen LogP contribution in [0.4, 0.5) is 0 Å². The van der Waals surface area contributed by atoms with E-state index < -0.39 is 6.10 Å². The molecule has 2 aliphatic rings. The summed E-state index contributed by atoms with van der Waals surface area (Å²) in [6.45, 7) is 6.96. The molecule has 6 heteroatoms. The van der Waals surface area contributed by atoms with Crippen molar-refractivity contribution in [2.24, 2.45) is 10.9 Å². The average molecular weight is 404 g/mol. The Bertz CT molecular complexity index is 655. The molecule has 0 aliphatic heterocycles. The maximum absolute atomic E-state index is 10.1. The van der Waals surface area contributed by atoms with Crippen LogP contribution in [0, 0.1) is 12.8 Å². The van der Waals surface area contributed by atoms with E-state index in [0.717, 1.165) is 37.3 Å². The minimum atomic E-state index is -0.543. The lowest BCUT2D eigenvalue weighted by molar-refractivity contribution is 0.0345. The summed E-state index contributed by atoms with van der Waals surface area (Å²) in [6.07, 6.45) is 7.10. The van der Waals surface area contributed by atoms with E-state index in [9.17, 15) is 5.11 Å². The van der Waals surface area contributed by atoms with Crippen LogP contribution in [0.1, 0.15) is 56.6 Å². The number of nitrogens with one attached hydrogen (secondary N) is 2. The largest absolute Gasteiger partial charge is 0.490 e. The zero-order valence-corrected chi connectivity index (χ0v) is 18.0. The third kappa shape index (κ3) is 7.86. The van der Waals surface area contributed by atoms with Crippen LogP contribution in [0.2, 0.25) is 0 Å². The summed E-state index contributed by atoms with van der Waals surface area (Å²) in [5.41, 5.74) is 2.29. The number of guanidine groups is 1. The molecule has 1 aromatic carbocycles. The predicted octanol–water partition coefficient (Wildman–Crippen LogP) is 3.16. The zero-order chi connectivity index (χ0) is 20.5. The third-order valence-corrected chi connectivity index (χ3v) is 5.44. The second-order valence-electron chi connectivity index (χ2n) is 8.35. The molecule has 2 aliphatic carbocycles. The van der Waals surface area contributed by atoms with E-state index in [1.54, 1.807) is 0 Å². The molecule has 0 spiro atoms. The number of rotatable bonds is 11. The van der Waals surface area contributed by atoms with E-state index >= 15 is 0 Å². The highest BCUT2D eigenvalue weighted by Gasteiger charge is 2.21. The highest BCUT2D eigenvalue weighted by atomic mass is 16.5. The van der Waals surface area contributed by atoms with Gasteiger partial charge in [-0.15, -0.1) is 0 Å². The molecule has 0 aromatic heterocycles. The van der Waals surface area contributed by atoms with Gasteiger partial charge in [-0.3, -0.25) is 0 Å². The summed E-state index contributed by atoms with van der Waals surface area (Å²) in [5, 5.41) is 16.6. The summed E-state index contributed by atoms with van der Waals surface area (Å²) < 4.78 is 11.8. The Hall–Kier alpha value is -1.79. The fraction of sp³-hybridized carbons (Fsp3) is 0.696. The van der Waals surface area contributed by atoms with Crippen molar-refractivity contribution in [1.29, 1.82) is 0 Å². The zero-order valence-electron chi connectivity index (χ0n) is 18.0. The topological polar surface area (TPSA) is 75.1 Å². The van der Waals surface area contributed by atoms with Gasteiger partial charge in [-0.05, 0) is 69.9 Å². The first kappa shape index (κ1) is 21.9. The van der Waals surface area contributed by atoms with Gasteiger partial charge < -0.3 is 25.2 Å². The van der Waals surface area contributed by atoms with Gasteiger partial charge in [0.15, 0.2) is 5.96 Å². The molecule has 3 N–H and O–H groups in total. The van der Waals surface area contributed by atoms with Gasteiger partial charge in [0, 0.05) is 25.3 Å². The molecule has 1 atom stereocenters. The molecule has 162 valence electrons. The number of nitrogens with zero attached hydrogens (tertiary/aromatic N) is 1. The van der Waals surface area contributed by atoms with Crippen LogP contribution < -0.4 is 15.4 Å². The van der Waals surface area contributed by atoms with E-state index in [1.807, 2.05) is 6.92 Å². The number of aryl methyl sites for hydroxylation is 1. The second-order valence-corrected chi connectivity index (χ2v) is 8.35. The molecule has 2 saturated carbocycles. The Kier molecular flexibility index (Phi) is 8.62. The monoisotopic (exact) mass is 403 g/mol. The maximum atomic E-state index is 10.1. The Morgan fingerprint density at radius 2 is 2.00 bits per heavy atom. The van der Waals surface area contributed by atoms with Crippen molar-refractivity contribution in [3.63, 3.8) is 0 Å². The van der Waals surface area contributed by atoms with Crippen LogP contribution in [0.15, 0.2) is 23.2 Å². The summed E-state index contributed by atoms with van der Waals surface area (Å²) in [6, 6.07) is 6.32. The molecule has 0 saturated heterocycles. The Labute approximate surface area is 175 Å². The molecule has 6 nitrogen and oxygen atoms in total. The highest BCUT2D eigenvalue weighted by Crippen LogP contribution is 2.29. The Morgan fingerprint density at radius 3 is 2.72 bits per heavy atom. The SMILES string of the molecule is CCNC(=NCc1ccc(C)cc1OC1CCCC1)NCC(O)COCC1CC1. The maximum Gasteiger partial charge on any atom is 0.191 e. The lowest BCUT2D eigenvalue weighted by Crippen LogP contribution is -2.42. The van der Waals surface area contributed by atoms with E-state index in [1.165, 1.54) is 31.2 Å². The lowest BCUT2D eigenvalue weighted by Gasteiger charge is -2.18. The van der Waals surface area contributed by atoms with Gasteiger partial charge in [0.05, 0.1) is 25.4 Å². The van der Waals surface area contributed by atoms with Crippen LogP contribution in [0.25, 0.3) is 0 Å². The predicted molar refractivity (Wildman–Crippen MR) is 116 cm³/mol. The lowest BCUT2D eigenvalue weighted by atomic mass is 10.1. The minimum Gasteiger partial charge on any atom is -0.490 e. The van der Waals surface area contributed by atoms with Gasteiger partial charge in [-0.25, -0.2) is 4.99 Å². The first-order valence-corrected chi connectivity index (χ1v) is 11.2. The molecule has 3 rings (SSSR count). The van der Waals surface area contributed by atoms with Crippen molar-refractivity contribution in [2.45, 2.75) is 71.1 Å². The van der Waals surface area contributed by atoms with E-state index in [4.69, 9.17) is 14.5 Å². The second kappa shape index (κ2) is 11.4. The molecule has 0 radical (unpaired) electrons. The van der Waals surface area contributed by atoms with Gasteiger partial charge in [-0.1, -0.05) is 12.1 Å². The standard InChI is InChI=1S/C23H37N3O3/c1-3-24-23(26-14-20(27)16-28-15-18-9-10-18)25-13-19-11-8-17(2)12-22(19)29-21-6-4-5-7-21/h8,11-12,18,20-21,27H,3-7,9-10,13-16H2,1-2H3,(H2,24,25,26). The van der Waals surface area contributed by atoms with Gasteiger partial charge in [0.2, 0.25) is 0 Å². The summed E-state index contributed by atoms with van der Waals surface area (Å²) in [5.74, 6) is 2.36. The highest BCUT2D eigenvalue weighted by molar-refractivity contribution is 5.79. The number of aliphatic imine (C=N–C) groups is 1. The number of ether oxygens (including phenoxy) is 2. The van der Waals surface area contributed by atoms with Crippen LogP contribution >= 0.6 is 0 Å². The van der Waals surface area contributed by atoms with Crippen molar-refractivity contribution in [2.75, 3.05) is 26.3 Å². The quantitative estimate of drug-likeness (QED) is 0.391. The van der Waals surface area contributed by atoms with Gasteiger partial charge in [0.1, 0.15) is 5.75 Å². The first-order chi connectivity index (χ1) is 14.1. The van der Waals surface area contributed by atoms with Crippen molar-refractivity contribution in [3.05, 3.63) is 29.3 Å². The molecule has 29 heavy (non-hydrogen) atoms. The smallest absolute Gasteiger partial charge is 0.191 e. The number of aliphatic hydroxyl groups is 1. The van der Waals surface area contributed by atoms with Gasteiger partial charge in [0.25, 0.3) is 0 Å². The third-order valence-electron chi connectivity index (χ3n) is 5.44. The number of benzene rings is 1. The Morgan fingerprint density at radius 1 is 1.21 bits per heavy atom. The van der Waals surface area contributed by atoms with Crippen molar-refractivity contribution in [1.82, 2.24) is 10.6 Å². The van der Waals surface area contributed by atoms with Crippen molar-refractivity contribution < 1.29 is 14.6 Å². The minimum absolute atomic E-state index is 0.330. The summed E-state index contributed by atoms with van der Waals surface area (Å²) in [7, 11) is 0. The molecule has 0 heterocycles. The van der Waals surface area contributed by atoms with Gasteiger partial charge in [-0.2, -0.15) is 0 Å². The van der Waals surface area contributed by atoms with E-state index in [-0.39, 0.29) is 0 Å². The fourth-order valence-corrected chi connectivity index (χ4v) is 3.52. The van der Waals surface area contributed by atoms with Crippen molar-refractivity contribution >= 4 is 5.96 Å².